The third-order valence-corrected chi connectivity index (χ3v) is 2.00. The summed E-state index contributed by atoms with van der Waals surface area (Å²) in [5, 5.41) is 10.7. The van der Waals surface area contributed by atoms with Crippen molar-refractivity contribution < 1.29 is 23.5 Å². The summed E-state index contributed by atoms with van der Waals surface area (Å²) in [5.74, 6) is -2.68. The molecular formula is C10H9F2NO3. The van der Waals surface area contributed by atoms with E-state index in [0.717, 1.165) is 18.2 Å². The van der Waals surface area contributed by atoms with Crippen molar-refractivity contribution >= 4 is 12.4 Å². The summed E-state index contributed by atoms with van der Waals surface area (Å²) in [4.78, 5) is 20.8. The van der Waals surface area contributed by atoms with E-state index in [1.165, 1.54) is 0 Å². The van der Waals surface area contributed by atoms with Gasteiger partial charge in [0.1, 0.15) is 17.7 Å². The van der Waals surface area contributed by atoms with Crippen LogP contribution in [0.3, 0.4) is 0 Å². The Kier molecular flexibility index (Phi) is 3.93. The van der Waals surface area contributed by atoms with Crippen LogP contribution in [0.5, 0.6) is 0 Å². The Balaban J connectivity index is 2.88. The minimum atomic E-state index is -1.31. The van der Waals surface area contributed by atoms with E-state index < -0.39 is 23.6 Å². The molecule has 16 heavy (non-hydrogen) atoms. The summed E-state index contributed by atoms with van der Waals surface area (Å²) in [5.41, 5.74) is -0.0956. The molecule has 1 aromatic rings. The zero-order valence-electron chi connectivity index (χ0n) is 8.11. The first kappa shape index (κ1) is 12.1. The molecule has 0 aromatic heterocycles. The van der Waals surface area contributed by atoms with Gasteiger partial charge in [0.2, 0.25) is 6.41 Å². The summed E-state index contributed by atoms with van der Waals surface area (Å²) in [7, 11) is 0. The van der Waals surface area contributed by atoms with E-state index >= 15 is 0 Å². The number of carbonyl (C=O) groups is 2. The lowest BCUT2D eigenvalue weighted by molar-refractivity contribution is -0.140. The van der Waals surface area contributed by atoms with Gasteiger partial charge in [-0.15, -0.1) is 0 Å². The van der Waals surface area contributed by atoms with E-state index in [2.05, 4.69) is 0 Å². The summed E-state index contributed by atoms with van der Waals surface area (Å²) in [6.45, 7) is 0. The molecule has 0 aliphatic heterocycles. The SMILES string of the molecule is O=CNC(Cc1cc(F)ccc1F)C(=O)O. The number of amides is 1. The molecule has 6 heteroatoms. The molecule has 0 aliphatic rings. The smallest absolute Gasteiger partial charge is 0.326 e. The van der Waals surface area contributed by atoms with Crippen molar-refractivity contribution in [2.24, 2.45) is 0 Å². The molecule has 0 fully saturated rings. The highest BCUT2D eigenvalue weighted by Gasteiger charge is 2.18. The Hall–Kier alpha value is -1.98. The van der Waals surface area contributed by atoms with E-state index in [1.807, 2.05) is 5.32 Å². The number of carbonyl (C=O) groups excluding carboxylic acids is 1. The topological polar surface area (TPSA) is 66.4 Å². The van der Waals surface area contributed by atoms with Crippen LogP contribution >= 0.6 is 0 Å². The molecule has 4 nitrogen and oxygen atoms in total. The molecule has 1 unspecified atom stereocenters. The summed E-state index contributed by atoms with van der Waals surface area (Å²) in [6, 6.07) is 1.47. The Morgan fingerprint density at radius 2 is 2.19 bits per heavy atom. The maximum absolute atomic E-state index is 13.2. The molecule has 0 spiro atoms. The lowest BCUT2D eigenvalue weighted by Crippen LogP contribution is -2.37. The van der Waals surface area contributed by atoms with Crippen LogP contribution in [0.2, 0.25) is 0 Å². The van der Waals surface area contributed by atoms with Crippen molar-refractivity contribution in [3.63, 3.8) is 0 Å². The predicted molar refractivity (Wildman–Crippen MR) is 50.7 cm³/mol. The van der Waals surface area contributed by atoms with Gasteiger partial charge in [0.05, 0.1) is 0 Å². The van der Waals surface area contributed by atoms with E-state index in [9.17, 15) is 18.4 Å². The highest BCUT2D eigenvalue weighted by Crippen LogP contribution is 2.11. The third kappa shape index (κ3) is 3.01. The number of rotatable bonds is 5. The largest absolute Gasteiger partial charge is 0.480 e. The average molecular weight is 229 g/mol. The van der Waals surface area contributed by atoms with E-state index in [4.69, 9.17) is 5.11 Å². The van der Waals surface area contributed by atoms with Crippen LogP contribution < -0.4 is 5.32 Å². The fourth-order valence-electron chi connectivity index (χ4n) is 1.22. The molecule has 2 N–H and O–H groups in total. The fraction of sp³-hybridized carbons (Fsp3) is 0.200. The van der Waals surface area contributed by atoms with Gasteiger partial charge >= 0.3 is 5.97 Å². The Morgan fingerprint density at radius 3 is 2.75 bits per heavy atom. The van der Waals surface area contributed by atoms with Gasteiger partial charge in [-0.3, -0.25) is 4.79 Å². The van der Waals surface area contributed by atoms with Crippen molar-refractivity contribution in [2.45, 2.75) is 12.5 Å². The van der Waals surface area contributed by atoms with Crippen molar-refractivity contribution in [2.75, 3.05) is 0 Å². The Morgan fingerprint density at radius 1 is 1.50 bits per heavy atom. The number of carboxylic acid groups (broad SMARTS) is 1. The van der Waals surface area contributed by atoms with Crippen LogP contribution in [0.25, 0.3) is 0 Å². The van der Waals surface area contributed by atoms with Crippen LogP contribution in [0.4, 0.5) is 8.78 Å². The maximum Gasteiger partial charge on any atom is 0.326 e. The molecule has 0 heterocycles. The van der Waals surface area contributed by atoms with E-state index in [1.54, 1.807) is 0 Å². The normalized spacial score (nSPS) is 11.9. The quantitative estimate of drug-likeness (QED) is 0.730. The summed E-state index contributed by atoms with van der Waals surface area (Å²) >= 11 is 0. The molecule has 0 saturated heterocycles. The van der Waals surface area contributed by atoms with E-state index in [0.29, 0.717) is 0 Å². The van der Waals surface area contributed by atoms with Crippen LogP contribution in [0.15, 0.2) is 18.2 Å². The zero-order valence-corrected chi connectivity index (χ0v) is 8.11. The minimum Gasteiger partial charge on any atom is -0.480 e. The predicted octanol–water partition coefficient (Wildman–Crippen LogP) is 0.706. The number of nitrogens with one attached hydrogen (secondary N) is 1. The van der Waals surface area contributed by atoms with Gasteiger partial charge in [0.15, 0.2) is 0 Å². The molecule has 0 saturated carbocycles. The fourth-order valence-corrected chi connectivity index (χ4v) is 1.22. The van der Waals surface area contributed by atoms with Gasteiger partial charge < -0.3 is 10.4 Å². The first-order valence-electron chi connectivity index (χ1n) is 4.41. The maximum atomic E-state index is 13.2. The Bertz CT molecular complexity index is 409. The standard InChI is InChI=1S/C10H9F2NO3/c11-7-1-2-8(12)6(3-7)4-9(10(15)16)13-5-14/h1-3,5,9H,4H2,(H,13,14)(H,15,16). The van der Waals surface area contributed by atoms with Gasteiger partial charge in [0.25, 0.3) is 0 Å². The van der Waals surface area contributed by atoms with Gasteiger partial charge in [-0.1, -0.05) is 0 Å². The monoisotopic (exact) mass is 229 g/mol. The van der Waals surface area contributed by atoms with Gasteiger partial charge in [-0.2, -0.15) is 0 Å². The van der Waals surface area contributed by atoms with Gasteiger partial charge in [-0.05, 0) is 23.8 Å². The van der Waals surface area contributed by atoms with Crippen molar-refractivity contribution in [1.82, 2.24) is 5.32 Å². The number of aliphatic carboxylic acids is 1. The number of hydrogen-bond acceptors (Lipinski definition) is 2. The number of hydrogen-bond donors (Lipinski definition) is 2. The second-order valence-corrected chi connectivity index (χ2v) is 3.12. The first-order valence-corrected chi connectivity index (χ1v) is 4.41. The zero-order chi connectivity index (χ0) is 12.1. The van der Waals surface area contributed by atoms with Crippen LogP contribution in [0, 0.1) is 11.6 Å². The number of carboxylic acids is 1. The van der Waals surface area contributed by atoms with Crippen LogP contribution in [0.1, 0.15) is 5.56 Å². The minimum absolute atomic E-state index is 0.0956. The van der Waals surface area contributed by atoms with Crippen molar-refractivity contribution in [3.8, 4) is 0 Å². The average Bonchev–Trinajstić information content (AvgIpc) is 2.22. The lowest BCUT2D eigenvalue weighted by atomic mass is 10.1. The molecule has 1 rings (SSSR count). The molecule has 0 radical (unpaired) electrons. The molecule has 1 amide bonds. The van der Waals surface area contributed by atoms with E-state index in [-0.39, 0.29) is 18.4 Å². The highest BCUT2D eigenvalue weighted by molar-refractivity contribution is 5.76. The highest BCUT2D eigenvalue weighted by atomic mass is 19.1. The third-order valence-electron chi connectivity index (χ3n) is 2.00. The van der Waals surface area contributed by atoms with Crippen molar-refractivity contribution in [3.05, 3.63) is 35.4 Å². The molecular weight excluding hydrogens is 220 g/mol. The van der Waals surface area contributed by atoms with Gasteiger partial charge in [-0.25, -0.2) is 13.6 Å². The second-order valence-electron chi connectivity index (χ2n) is 3.12. The number of halogens is 2. The summed E-state index contributed by atoms with van der Waals surface area (Å²) in [6.07, 6.45) is -0.104. The first-order chi connectivity index (χ1) is 7.54. The second kappa shape index (κ2) is 5.20. The molecule has 86 valence electrons. The van der Waals surface area contributed by atoms with Crippen LogP contribution in [-0.4, -0.2) is 23.5 Å². The van der Waals surface area contributed by atoms with Gasteiger partial charge in [0, 0.05) is 6.42 Å². The van der Waals surface area contributed by atoms with Crippen LogP contribution in [-0.2, 0) is 16.0 Å². The molecule has 0 aliphatic carbocycles. The molecule has 1 aromatic carbocycles. The lowest BCUT2D eigenvalue weighted by Gasteiger charge is -2.11. The number of benzene rings is 1. The van der Waals surface area contributed by atoms with Crippen molar-refractivity contribution in [1.29, 1.82) is 0 Å². The molecule has 1 atom stereocenters. The molecule has 0 bridgehead atoms. The Labute approximate surface area is 89.9 Å². The summed E-state index contributed by atoms with van der Waals surface area (Å²) < 4.78 is 25.9.